The van der Waals surface area contributed by atoms with Crippen LogP contribution >= 0.6 is 24.0 Å². The average molecular weight is 435 g/mol. The summed E-state index contributed by atoms with van der Waals surface area (Å²) in [5.74, 6) is 1.74. The van der Waals surface area contributed by atoms with E-state index in [1.165, 1.54) is 0 Å². The third-order valence-corrected chi connectivity index (χ3v) is 4.40. The summed E-state index contributed by atoms with van der Waals surface area (Å²) >= 11 is 5.93. The quantitative estimate of drug-likeness (QED) is 0.494. The number of aryl methyl sites for hydroxylation is 1. The Morgan fingerprint density at radius 2 is 1.45 bits per heavy atom. The summed E-state index contributed by atoms with van der Waals surface area (Å²) in [5.41, 5.74) is 14.4. The lowest BCUT2D eigenvalue weighted by Crippen LogP contribution is -2.11. The van der Waals surface area contributed by atoms with Gasteiger partial charge in [-0.15, -0.1) is 12.4 Å². The number of anilines is 2. The van der Waals surface area contributed by atoms with E-state index in [2.05, 4.69) is 9.97 Å². The Balaban J connectivity index is 0.00000300. The molecular formula is C21H24Cl2N4O2. The van der Waals surface area contributed by atoms with Gasteiger partial charge in [0.2, 0.25) is 5.95 Å². The molecule has 0 atom stereocenters. The second-order valence-electron chi connectivity index (χ2n) is 6.18. The van der Waals surface area contributed by atoms with E-state index in [1.807, 2.05) is 55.5 Å². The van der Waals surface area contributed by atoms with E-state index >= 15 is 0 Å². The zero-order valence-electron chi connectivity index (χ0n) is 16.1. The first-order valence-corrected chi connectivity index (χ1v) is 9.48. The number of rotatable bonds is 8. The summed E-state index contributed by atoms with van der Waals surface area (Å²) in [4.78, 5) is 8.11. The Morgan fingerprint density at radius 3 is 2.07 bits per heavy atom. The second kappa shape index (κ2) is 10.7. The van der Waals surface area contributed by atoms with Crippen molar-refractivity contribution in [2.75, 3.05) is 24.7 Å². The summed E-state index contributed by atoms with van der Waals surface area (Å²) in [5, 5.41) is 0.726. The standard InChI is InChI=1S/C21H23ClN4O2.ClH/c1-2-18-19(20(23)26-21(24)25-18)28-13-3-12-27-17-10-6-15(7-11-17)14-4-8-16(22)9-5-14;/h4-11H,2-3,12-13H2,1H3,(H4,23,24,25,26);1H. The molecule has 1 heterocycles. The number of hydrogen-bond acceptors (Lipinski definition) is 6. The maximum Gasteiger partial charge on any atom is 0.222 e. The van der Waals surface area contributed by atoms with Gasteiger partial charge in [-0.05, 0) is 41.8 Å². The fraction of sp³-hybridized carbons (Fsp3) is 0.238. The first-order valence-electron chi connectivity index (χ1n) is 9.10. The van der Waals surface area contributed by atoms with Crippen molar-refractivity contribution in [1.82, 2.24) is 9.97 Å². The van der Waals surface area contributed by atoms with Gasteiger partial charge in [-0.25, -0.2) is 4.98 Å². The molecule has 0 unspecified atom stereocenters. The van der Waals surface area contributed by atoms with Gasteiger partial charge in [0.25, 0.3) is 0 Å². The molecule has 0 bridgehead atoms. The summed E-state index contributed by atoms with van der Waals surface area (Å²) in [6.07, 6.45) is 1.37. The molecule has 29 heavy (non-hydrogen) atoms. The molecule has 0 fully saturated rings. The van der Waals surface area contributed by atoms with Crippen molar-refractivity contribution < 1.29 is 9.47 Å². The van der Waals surface area contributed by atoms with Gasteiger partial charge in [0.1, 0.15) is 5.75 Å². The molecule has 0 saturated heterocycles. The highest BCUT2D eigenvalue weighted by Gasteiger charge is 2.11. The maximum absolute atomic E-state index is 5.93. The van der Waals surface area contributed by atoms with Crippen LogP contribution in [0.2, 0.25) is 5.02 Å². The fourth-order valence-electron chi connectivity index (χ4n) is 2.74. The van der Waals surface area contributed by atoms with Gasteiger partial charge in [0.15, 0.2) is 11.6 Å². The number of nitrogen functional groups attached to an aromatic ring is 2. The van der Waals surface area contributed by atoms with Crippen LogP contribution in [-0.2, 0) is 6.42 Å². The first-order chi connectivity index (χ1) is 13.6. The van der Waals surface area contributed by atoms with Crippen LogP contribution in [0.3, 0.4) is 0 Å². The Morgan fingerprint density at radius 1 is 0.862 bits per heavy atom. The highest BCUT2D eigenvalue weighted by molar-refractivity contribution is 6.30. The van der Waals surface area contributed by atoms with Crippen molar-refractivity contribution in [2.24, 2.45) is 0 Å². The third kappa shape index (κ3) is 6.14. The van der Waals surface area contributed by atoms with E-state index < -0.39 is 0 Å². The number of nitrogens with zero attached hydrogens (tertiary/aromatic N) is 2. The Hall–Kier alpha value is -2.70. The van der Waals surface area contributed by atoms with Gasteiger partial charge in [-0.1, -0.05) is 42.8 Å². The van der Waals surface area contributed by atoms with Crippen LogP contribution < -0.4 is 20.9 Å². The first kappa shape index (κ1) is 22.6. The van der Waals surface area contributed by atoms with Gasteiger partial charge >= 0.3 is 0 Å². The summed E-state index contributed by atoms with van der Waals surface area (Å²) in [7, 11) is 0. The van der Waals surface area contributed by atoms with Crippen molar-refractivity contribution in [3.05, 3.63) is 59.2 Å². The highest BCUT2D eigenvalue weighted by Crippen LogP contribution is 2.25. The summed E-state index contributed by atoms with van der Waals surface area (Å²) in [6.45, 7) is 2.94. The van der Waals surface area contributed by atoms with Crippen molar-refractivity contribution >= 4 is 35.8 Å². The van der Waals surface area contributed by atoms with E-state index in [0.29, 0.717) is 37.5 Å². The van der Waals surface area contributed by atoms with Gasteiger partial charge in [-0.3, -0.25) is 0 Å². The lowest BCUT2D eigenvalue weighted by molar-refractivity contribution is 0.246. The lowest BCUT2D eigenvalue weighted by Gasteiger charge is -2.12. The van der Waals surface area contributed by atoms with Crippen LogP contribution in [0, 0.1) is 0 Å². The molecule has 0 aliphatic heterocycles. The number of hydrogen-bond donors (Lipinski definition) is 2. The predicted molar refractivity (Wildman–Crippen MR) is 120 cm³/mol. The van der Waals surface area contributed by atoms with E-state index in [-0.39, 0.29) is 24.2 Å². The molecule has 3 rings (SSSR count). The molecule has 154 valence electrons. The molecule has 0 radical (unpaired) electrons. The second-order valence-corrected chi connectivity index (χ2v) is 6.61. The minimum Gasteiger partial charge on any atom is -0.493 e. The van der Waals surface area contributed by atoms with E-state index in [1.54, 1.807) is 0 Å². The lowest BCUT2D eigenvalue weighted by atomic mass is 10.1. The summed E-state index contributed by atoms with van der Waals surface area (Å²) in [6, 6.07) is 15.7. The monoisotopic (exact) mass is 434 g/mol. The highest BCUT2D eigenvalue weighted by atomic mass is 35.5. The normalized spacial score (nSPS) is 10.3. The topological polar surface area (TPSA) is 96.3 Å². The van der Waals surface area contributed by atoms with Gasteiger partial charge in [0, 0.05) is 11.4 Å². The molecule has 0 saturated carbocycles. The van der Waals surface area contributed by atoms with Crippen LogP contribution in [0.15, 0.2) is 48.5 Å². The summed E-state index contributed by atoms with van der Waals surface area (Å²) < 4.78 is 11.5. The molecule has 8 heteroatoms. The average Bonchev–Trinajstić information content (AvgIpc) is 2.70. The van der Waals surface area contributed by atoms with Crippen LogP contribution in [-0.4, -0.2) is 23.2 Å². The van der Waals surface area contributed by atoms with Crippen molar-refractivity contribution in [1.29, 1.82) is 0 Å². The minimum absolute atomic E-state index is 0. The molecule has 4 N–H and O–H groups in total. The number of benzene rings is 2. The van der Waals surface area contributed by atoms with Crippen molar-refractivity contribution in [3.8, 4) is 22.6 Å². The molecule has 0 spiro atoms. The molecule has 1 aromatic heterocycles. The van der Waals surface area contributed by atoms with Crippen molar-refractivity contribution in [2.45, 2.75) is 19.8 Å². The smallest absolute Gasteiger partial charge is 0.222 e. The van der Waals surface area contributed by atoms with Gasteiger partial charge in [-0.2, -0.15) is 4.98 Å². The molecule has 0 aliphatic carbocycles. The Labute approximate surface area is 181 Å². The predicted octanol–water partition coefficient (Wildman–Crippen LogP) is 4.79. The van der Waals surface area contributed by atoms with Crippen molar-refractivity contribution in [3.63, 3.8) is 0 Å². The van der Waals surface area contributed by atoms with Gasteiger partial charge < -0.3 is 20.9 Å². The largest absolute Gasteiger partial charge is 0.493 e. The van der Waals surface area contributed by atoms with Crippen LogP contribution in [0.25, 0.3) is 11.1 Å². The Bertz CT molecular complexity index is 919. The molecule has 3 aromatic rings. The number of aromatic nitrogens is 2. The minimum atomic E-state index is 0. The zero-order chi connectivity index (χ0) is 19.9. The number of halogens is 2. The maximum atomic E-state index is 5.93. The van der Waals surface area contributed by atoms with E-state index in [4.69, 9.17) is 32.5 Å². The SMILES string of the molecule is CCc1nc(N)nc(N)c1OCCCOc1ccc(-c2ccc(Cl)cc2)cc1.Cl. The van der Waals surface area contributed by atoms with Crippen LogP contribution in [0.1, 0.15) is 19.0 Å². The fourth-order valence-corrected chi connectivity index (χ4v) is 2.87. The molecular weight excluding hydrogens is 411 g/mol. The molecule has 6 nitrogen and oxygen atoms in total. The molecule has 2 aromatic carbocycles. The number of nitrogens with two attached hydrogens (primary N) is 2. The molecule has 0 amide bonds. The zero-order valence-corrected chi connectivity index (χ0v) is 17.7. The van der Waals surface area contributed by atoms with E-state index in [9.17, 15) is 0 Å². The Kier molecular flexibility index (Phi) is 8.36. The third-order valence-electron chi connectivity index (χ3n) is 4.15. The van der Waals surface area contributed by atoms with Crippen LogP contribution in [0.4, 0.5) is 11.8 Å². The molecule has 0 aliphatic rings. The van der Waals surface area contributed by atoms with E-state index in [0.717, 1.165) is 21.9 Å². The van der Waals surface area contributed by atoms with Gasteiger partial charge in [0.05, 0.1) is 18.9 Å². The van der Waals surface area contributed by atoms with Crippen LogP contribution in [0.5, 0.6) is 11.5 Å². The number of ether oxygens (including phenoxy) is 2.